The summed E-state index contributed by atoms with van der Waals surface area (Å²) in [5.74, 6) is 2.06. The van der Waals surface area contributed by atoms with Crippen LogP contribution in [0.1, 0.15) is 5.56 Å². The summed E-state index contributed by atoms with van der Waals surface area (Å²) in [6.45, 7) is 1.88. The van der Waals surface area contributed by atoms with Crippen molar-refractivity contribution in [3.05, 3.63) is 48.0 Å². The number of hydrogen-bond donors (Lipinski definition) is 0. The average molecular weight is 248 g/mol. The maximum atomic E-state index is 12.1. The van der Waals surface area contributed by atoms with E-state index in [1.165, 1.54) is 12.1 Å². The second kappa shape index (κ2) is 5.40. The maximum absolute atomic E-state index is 12.1. The van der Waals surface area contributed by atoms with Crippen molar-refractivity contribution in [2.75, 3.05) is 7.11 Å². The van der Waals surface area contributed by atoms with E-state index in [1.54, 1.807) is 37.4 Å². The molecule has 4 heteroatoms. The van der Waals surface area contributed by atoms with Crippen LogP contribution in [0.4, 0.5) is 4.53 Å². The molecule has 0 aliphatic heterocycles. The third-order valence-electron chi connectivity index (χ3n) is 2.54. The van der Waals surface area contributed by atoms with Crippen LogP contribution in [0, 0.1) is 6.92 Å². The Bertz CT molecular complexity index is 523. The monoisotopic (exact) mass is 248 g/mol. The van der Waals surface area contributed by atoms with Gasteiger partial charge in [0.25, 0.3) is 0 Å². The van der Waals surface area contributed by atoms with Gasteiger partial charge in [0.1, 0.15) is 17.2 Å². The lowest BCUT2D eigenvalue weighted by Crippen LogP contribution is -1.89. The number of methoxy groups -OCH3 is 1. The zero-order chi connectivity index (χ0) is 13.0. The summed E-state index contributed by atoms with van der Waals surface area (Å²) in [5.41, 5.74) is 0.895. The number of halogens is 1. The molecule has 2 rings (SSSR count). The van der Waals surface area contributed by atoms with E-state index in [0.717, 1.165) is 11.3 Å². The first-order valence-corrected chi connectivity index (χ1v) is 5.44. The molecule has 0 saturated carbocycles. The highest BCUT2D eigenvalue weighted by molar-refractivity contribution is 5.43. The molecule has 0 fully saturated rings. The first kappa shape index (κ1) is 12.2. The zero-order valence-electron chi connectivity index (χ0n) is 10.1. The molecule has 94 valence electrons. The minimum atomic E-state index is 0.115. The molecule has 0 aliphatic carbocycles. The molecule has 0 saturated heterocycles. The number of hydrogen-bond acceptors (Lipinski definition) is 3. The number of aryl methyl sites for hydroxylation is 1. The van der Waals surface area contributed by atoms with Gasteiger partial charge in [-0.25, -0.2) is 0 Å². The second-order valence-corrected chi connectivity index (χ2v) is 3.78. The van der Waals surface area contributed by atoms with Crippen molar-refractivity contribution in [2.45, 2.75) is 6.92 Å². The molecule has 0 heterocycles. The minimum absolute atomic E-state index is 0.115. The zero-order valence-corrected chi connectivity index (χ0v) is 10.1. The molecular formula is C14H13FO3. The van der Waals surface area contributed by atoms with Gasteiger partial charge >= 0.3 is 0 Å². The third kappa shape index (κ3) is 2.71. The van der Waals surface area contributed by atoms with Crippen LogP contribution in [0.2, 0.25) is 0 Å². The summed E-state index contributed by atoms with van der Waals surface area (Å²) in [7, 11) is 1.60. The lowest BCUT2D eigenvalue weighted by atomic mass is 10.2. The van der Waals surface area contributed by atoms with Crippen LogP contribution >= 0.6 is 0 Å². The molecule has 0 bridgehead atoms. The van der Waals surface area contributed by atoms with Gasteiger partial charge in [0.15, 0.2) is 5.75 Å². The van der Waals surface area contributed by atoms with Crippen LogP contribution < -0.4 is 14.4 Å². The fourth-order valence-corrected chi connectivity index (χ4v) is 1.51. The number of rotatable bonds is 4. The topological polar surface area (TPSA) is 27.7 Å². The summed E-state index contributed by atoms with van der Waals surface area (Å²) in [5, 5.41) is 0. The lowest BCUT2D eigenvalue weighted by Gasteiger charge is -2.09. The molecule has 0 atom stereocenters. The van der Waals surface area contributed by atoms with Crippen molar-refractivity contribution in [1.29, 1.82) is 0 Å². The maximum Gasteiger partial charge on any atom is 0.175 e. The summed E-state index contributed by atoms with van der Waals surface area (Å²) in [6.07, 6.45) is 0. The van der Waals surface area contributed by atoms with E-state index < -0.39 is 0 Å². The summed E-state index contributed by atoms with van der Waals surface area (Å²) in [4.78, 5) is 3.68. The van der Waals surface area contributed by atoms with E-state index in [-0.39, 0.29) is 5.75 Å². The Kier molecular flexibility index (Phi) is 3.67. The van der Waals surface area contributed by atoms with Crippen LogP contribution in [0.25, 0.3) is 0 Å². The highest BCUT2D eigenvalue weighted by Gasteiger charge is 2.05. The van der Waals surface area contributed by atoms with Crippen LogP contribution in [-0.2, 0) is 0 Å². The molecular weight excluding hydrogens is 235 g/mol. The van der Waals surface area contributed by atoms with Gasteiger partial charge in [-0.15, -0.1) is 0 Å². The summed E-state index contributed by atoms with van der Waals surface area (Å²) < 4.78 is 22.8. The van der Waals surface area contributed by atoms with Gasteiger partial charge in [0.05, 0.1) is 7.11 Å². The van der Waals surface area contributed by atoms with E-state index in [2.05, 4.69) is 4.94 Å². The Hall–Kier alpha value is -2.23. The average Bonchev–Trinajstić information content (AvgIpc) is 2.42. The normalized spacial score (nSPS) is 9.94. The molecule has 0 N–H and O–H groups in total. The Labute approximate surface area is 105 Å². The third-order valence-corrected chi connectivity index (χ3v) is 2.54. The van der Waals surface area contributed by atoms with Crippen molar-refractivity contribution in [3.63, 3.8) is 0 Å². The molecule has 0 radical (unpaired) electrons. The molecule has 2 aromatic carbocycles. The van der Waals surface area contributed by atoms with Crippen LogP contribution in [-0.4, -0.2) is 7.11 Å². The van der Waals surface area contributed by atoms with Crippen molar-refractivity contribution in [3.8, 4) is 23.0 Å². The largest absolute Gasteiger partial charge is 0.497 e. The van der Waals surface area contributed by atoms with Crippen molar-refractivity contribution in [2.24, 2.45) is 0 Å². The van der Waals surface area contributed by atoms with E-state index in [4.69, 9.17) is 9.47 Å². The number of benzene rings is 2. The highest BCUT2D eigenvalue weighted by atomic mass is 19.3. The van der Waals surface area contributed by atoms with Crippen LogP contribution in [0.5, 0.6) is 23.0 Å². The van der Waals surface area contributed by atoms with Gasteiger partial charge in [-0.1, -0.05) is 6.07 Å². The van der Waals surface area contributed by atoms with Crippen molar-refractivity contribution < 1.29 is 18.9 Å². The van der Waals surface area contributed by atoms with Gasteiger partial charge in [-0.3, -0.25) is 4.94 Å². The van der Waals surface area contributed by atoms with Gasteiger partial charge in [0.2, 0.25) is 0 Å². The molecule has 3 nitrogen and oxygen atoms in total. The van der Waals surface area contributed by atoms with Crippen LogP contribution in [0.3, 0.4) is 0 Å². The quantitative estimate of drug-likeness (QED) is 0.816. The highest BCUT2D eigenvalue weighted by Crippen LogP contribution is 2.29. The van der Waals surface area contributed by atoms with Crippen molar-refractivity contribution in [1.82, 2.24) is 0 Å². The van der Waals surface area contributed by atoms with E-state index in [9.17, 15) is 4.53 Å². The Balaban J connectivity index is 2.21. The summed E-state index contributed by atoms with van der Waals surface area (Å²) >= 11 is 0. The molecule has 2 aromatic rings. The molecule has 0 aliphatic rings. The first-order valence-electron chi connectivity index (χ1n) is 5.44. The van der Waals surface area contributed by atoms with Crippen LogP contribution in [0.15, 0.2) is 42.5 Å². The first-order chi connectivity index (χ1) is 8.72. The van der Waals surface area contributed by atoms with Gasteiger partial charge < -0.3 is 9.47 Å². The Morgan fingerprint density at radius 1 is 0.889 bits per heavy atom. The fourth-order valence-electron chi connectivity index (χ4n) is 1.51. The Morgan fingerprint density at radius 2 is 1.50 bits per heavy atom. The van der Waals surface area contributed by atoms with E-state index >= 15 is 0 Å². The molecule has 0 aromatic heterocycles. The lowest BCUT2D eigenvalue weighted by molar-refractivity contribution is -0.00639. The minimum Gasteiger partial charge on any atom is -0.497 e. The molecule has 18 heavy (non-hydrogen) atoms. The van der Waals surface area contributed by atoms with Gasteiger partial charge in [-0.2, -0.15) is 0 Å². The van der Waals surface area contributed by atoms with Crippen molar-refractivity contribution >= 4 is 0 Å². The smallest absolute Gasteiger partial charge is 0.175 e. The van der Waals surface area contributed by atoms with E-state index in [1.807, 2.05) is 6.92 Å². The molecule has 0 spiro atoms. The summed E-state index contributed by atoms with van der Waals surface area (Å²) in [6, 6.07) is 11.9. The van der Waals surface area contributed by atoms with Gasteiger partial charge in [-0.05, 0) is 42.8 Å². The second-order valence-electron chi connectivity index (χ2n) is 3.78. The van der Waals surface area contributed by atoms with Gasteiger partial charge in [0, 0.05) is 10.6 Å². The molecule has 0 unspecified atom stereocenters. The predicted octanol–water partition coefficient (Wildman–Crippen LogP) is 4.06. The number of ether oxygens (including phenoxy) is 2. The fraction of sp³-hybridized carbons (Fsp3) is 0.143. The molecule has 0 amide bonds. The SMILES string of the molecule is COc1ccc(Oc2cc(OF)ccc2C)cc1. The Morgan fingerprint density at radius 3 is 2.11 bits per heavy atom. The predicted molar refractivity (Wildman–Crippen MR) is 66.0 cm³/mol. The standard InChI is InChI=1S/C14H13FO3/c1-10-3-4-13(18-15)9-14(10)17-12-7-5-11(16-2)6-8-12/h3-9H,1-2H3. The van der Waals surface area contributed by atoms with E-state index in [0.29, 0.717) is 11.5 Å².